The Labute approximate surface area is 85.6 Å². The van der Waals surface area contributed by atoms with E-state index in [0.29, 0.717) is 5.91 Å². The van der Waals surface area contributed by atoms with Crippen LogP contribution in [0.5, 0.6) is 0 Å². The number of carbonyl (C=O) groups excluding carboxylic acids is 1. The van der Waals surface area contributed by atoms with Gasteiger partial charge in [0.15, 0.2) is 0 Å². The minimum absolute atomic E-state index is 0.122. The molecule has 2 aliphatic rings. The molecule has 2 rings (SSSR count). The second-order valence-electron chi connectivity index (χ2n) is 4.59. The van der Waals surface area contributed by atoms with Gasteiger partial charge in [-0.2, -0.15) is 0 Å². The quantitative estimate of drug-likeness (QED) is 0.683. The van der Waals surface area contributed by atoms with E-state index in [-0.39, 0.29) is 12.0 Å². The molecular weight excluding hydrogens is 176 g/mol. The van der Waals surface area contributed by atoms with E-state index in [2.05, 4.69) is 0 Å². The molecule has 0 aromatic carbocycles. The van der Waals surface area contributed by atoms with Crippen LogP contribution in [0.25, 0.3) is 0 Å². The van der Waals surface area contributed by atoms with Crippen LogP contribution < -0.4 is 5.73 Å². The van der Waals surface area contributed by atoms with Gasteiger partial charge in [-0.25, -0.2) is 0 Å². The van der Waals surface area contributed by atoms with E-state index in [1.54, 1.807) is 0 Å². The van der Waals surface area contributed by atoms with E-state index in [4.69, 9.17) is 5.73 Å². The number of amides is 1. The smallest absolute Gasteiger partial charge is 0.227 e. The van der Waals surface area contributed by atoms with E-state index >= 15 is 0 Å². The van der Waals surface area contributed by atoms with Gasteiger partial charge >= 0.3 is 0 Å². The van der Waals surface area contributed by atoms with E-state index < -0.39 is 0 Å². The van der Waals surface area contributed by atoms with Gasteiger partial charge in [-0.15, -0.1) is 0 Å². The summed E-state index contributed by atoms with van der Waals surface area (Å²) >= 11 is 0. The van der Waals surface area contributed by atoms with E-state index in [1.807, 2.05) is 4.90 Å². The summed E-state index contributed by atoms with van der Waals surface area (Å²) in [5.74, 6) is 0.455. The SMILES string of the molecule is NC1CCCCC1C(=O)N1CCCC1. The molecule has 2 fully saturated rings. The zero-order chi connectivity index (χ0) is 9.97. The van der Waals surface area contributed by atoms with Crippen molar-refractivity contribution in [3.8, 4) is 0 Å². The van der Waals surface area contributed by atoms with Crippen LogP contribution in [0.3, 0.4) is 0 Å². The Morgan fingerprint density at radius 1 is 1.07 bits per heavy atom. The number of rotatable bonds is 1. The minimum Gasteiger partial charge on any atom is -0.342 e. The molecular formula is C11H20N2O. The summed E-state index contributed by atoms with van der Waals surface area (Å²) < 4.78 is 0. The summed E-state index contributed by atoms with van der Waals surface area (Å²) in [6.45, 7) is 1.92. The maximum atomic E-state index is 12.1. The predicted molar refractivity (Wildman–Crippen MR) is 55.7 cm³/mol. The molecule has 1 heterocycles. The van der Waals surface area contributed by atoms with Crippen molar-refractivity contribution in [1.29, 1.82) is 0 Å². The lowest BCUT2D eigenvalue weighted by atomic mass is 9.84. The molecule has 1 aliphatic heterocycles. The van der Waals surface area contributed by atoms with E-state index in [1.165, 1.54) is 25.7 Å². The third-order valence-electron chi connectivity index (χ3n) is 3.55. The Balaban J connectivity index is 1.94. The van der Waals surface area contributed by atoms with Crippen molar-refractivity contribution in [1.82, 2.24) is 4.90 Å². The van der Waals surface area contributed by atoms with Gasteiger partial charge in [0.25, 0.3) is 0 Å². The standard InChI is InChI=1S/C11H20N2O/c12-10-6-2-1-5-9(10)11(14)13-7-3-4-8-13/h9-10H,1-8,12H2. The maximum Gasteiger partial charge on any atom is 0.227 e. The minimum atomic E-state index is 0.122. The van der Waals surface area contributed by atoms with Crippen molar-refractivity contribution in [3.63, 3.8) is 0 Å². The van der Waals surface area contributed by atoms with Crippen LogP contribution in [-0.2, 0) is 4.79 Å². The summed E-state index contributed by atoms with van der Waals surface area (Å²) in [6, 6.07) is 0.122. The van der Waals surface area contributed by atoms with Crippen LogP contribution in [0.1, 0.15) is 38.5 Å². The van der Waals surface area contributed by atoms with Crippen LogP contribution in [0.2, 0.25) is 0 Å². The van der Waals surface area contributed by atoms with Gasteiger partial charge in [0.2, 0.25) is 5.91 Å². The highest BCUT2D eigenvalue weighted by atomic mass is 16.2. The summed E-state index contributed by atoms with van der Waals surface area (Å²) in [7, 11) is 0. The van der Waals surface area contributed by atoms with Gasteiger partial charge in [0, 0.05) is 19.1 Å². The predicted octanol–water partition coefficient (Wildman–Crippen LogP) is 1.13. The zero-order valence-corrected chi connectivity index (χ0v) is 8.74. The molecule has 1 saturated heterocycles. The fourth-order valence-corrected chi connectivity index (χ4v) is 2.64. The van der Waals surface area contributed by atoms with Crippen molar-refractivity contribution < 1.29 is 4.79 Å². The van der Waals surface area contributed by atoms with Crippen LogP contribution in [-0.4, -0.2) is 29.9 Å². The van der Waals surface area contributed by atoms with Gasteiger partial charge in [-0.1, -0.05) is 12.8 Å². The normalized spacial score (nSPS) is 33.4. The van der Waals surface area contributed by atoms with Gasteiger partial charge in [-0.3, -0.25) is 4.79 Å². The Morgan fingerprint density at radius 2 is 1.71 bits per heavy atom. The van der Waals surface area contributed by atoms with E-state index in [0.717, 1.165) is 25.9 Å². The van der Waals surface area contributed by atoms with Crippen molar-refractivity contribution in [3.05, 3.63) is 0 Å². The number of carbonyl (C=O) groups is 1. The number of likely N-dealkylation sites (tertiary alicyclic amines) is 1. The Bertz CT molecular complexity index is 211. The monoisotopic (exact) mass is 196 g/mol. The molecule has 2 N–H and O–H groups in total. The maximum absolute atomic E-state index is 12.1. The molecule has 1 saturated carbocycles. The topological polar surface area (TPSA) is 46.3 Å². The first-order valence-corrected chi connectivity index (χ1v) is 5.83. The summed E-state index contributed by atoms with van der Waals surface area (Å²) in [5, 5.41) is 0. The van der Waals surface area contributed by atoms with Crippen molar-refractivity contribution >= 4 is 5.91 Å². The van der Waals surface area contributed by atoms with Crippen LogP contribution in [0.15, 0.2) is 0 Å². The molecule has 0 bridgehead atoms. The first-order chi connectivity index (χ1) is 6.79. The molecule has 80 valence electrons. The van der Waals surface area contributed by atoms with Gasteiger partial charge in [-0.05, 0) is 25.7 Å². The van der Waals surface area contributed by atoms with Crippen molar-refractivity contribution in [2.75, 3.05) is 13.1 Å². The third kappa shape index (κ3) is 1.92. The van der Waals surface area contributed by atoms with Crippen molar-refractivity contribution in [2.45, 2.75) is 44.6 Å². The summed E-state index contributed by atoms with van der Waals surface area (Å²) in [4.78, 5) is 14.1. The molecule has 1 aliphatic carbocycles. The Hall–Kier alpha value is -0.570. The molecule has 0 aromatic heterocycles. The number of nitrogens with zero attached hydrogens (tertiary/aromatic N) is 1. The lowest BCUT2D eigenvalue weighted by Crippen LogP contribution is -2.44. The van der Waals surface area contributed by atoms with Gasteiger partial charge in [0.1, 0.15) is 0 Å². The Morgan fingerprint density at radius 3 is 2.36 bits per heavy atom. The lowest BCUT2D eigenvalue weighted by Gasteiger charge is -2.30. The third-order valence-corrected chi connectivity index (χ3v) is 3.55. The van der Waals surface area contributed by atoms with Crippen LogP contribution >= 0.6 is 0 Å². The molecule has 0 spiro atoms. The fourth-order valence-electron chi connectivity index (χ4n) is 2.64. The second kappa shape index (κ2) is 4.30. The molecule has 3 heteroatoms. The van der Waals surface area contributed by atoms with Gasteiger partial charge < -0.3 is 10.6 Å². The molecule has 14 heavy (non-hydrogen) atoms. The highest BCUT2D eigenvalue weighted by Gasteiger charge is 2.32. The molecule has 1 amide bonds. The molecule has 2 unspecified atom stereocenters. The highest BCUT2D eigenvalue weighted by molar-refractivity contribution is 5.79. The van der Waals surface area contributed by atoms with Crippen molar-refractivity contribution in [2.24, 2.45) is 11.7 Å². The second-order valence-corrected chi connectivity index (χ2v) is 4.59. The molecule has 2 atom stereocenters. The zero-order valence-electron chi connectivity index (χ0n) is 8.74. The number of hydrogen-bond acceptors (Lipinski definition) is 2. The number of nitrogens with two attached hydrogens (primary N) is 1. The van der Waals surface area contributed by atoms with E-state index in [9.17, 15) is 4.79 Å². The fraction of sp³-hybridized carbons (Fsp3) is 0.909. The molecule has 3 nitrogen and oxygen atoms in total. The first kappa shape index (κ1) is 9.97. The van der Waals surface area contributed by atoms with Crippen LogP contribution in [0.4, 0.5) is 0 Å². The van der Waals surface area contributed by atoms with Gasteiger partial charge in [0.05, 0.1) is 5.92 Å². The van der Waals surface area contributed by atoms with Crippen LogP contribution in [0, 0.1) is 5.92 Å². The molecule has 0 aromatic rings. The highest BCUT2D eigenvalue weighted by Crippen LogP contribution is 2.26. The average molecular weight is 196 g/mol. The summed E-state index contributed by atoms with van der Waals surface area (Å²) in [6.07, 6.45) is 6.77. The average Bonchev–Trinajstić information content (AvgIpc) is 2.70. The number of hydrogen-bond donors (Lipinski definition) is 1. The molecule has 0 radical (unpaired) electrons. The summed E-state index contributed by atoms with van der Waals surface area (Å²) in [5.41, 5.74) is 6.00. The lowest BCUT2D eigenvalue weighted by molar-refractivity contribution is -0.136. The first-order valence-electron chi connectivity index (χ1n) is 5.83. The largest absolute Gasteiger partial charge is 0.342 e. The Kier molecular flexibility index (Phi) is 3.06.